The van der Waals surface area contributed by atoms with Crippen molar-refractivity contribution < 1.29 is 4.79 Å². The van der Waals surface area contributed by atoms with E-state index in [2.05, 4.69) is 66.0 Å². The van der Waals surface area contributed by atoms with Crippen molar-refractivity contribution in [1.82, 2.24) is 10.6 Å². The molecule has 144 valence electrons. The van der Waals surface area contributed by atoms with Crippen LogP contribution >= 0.6 is 0 Å². The Kier molecular flexibility index (Phi) is 7.86. The number of anilines is 1. The number of hydrogen-bond donors (Lipinski definition) is 3. The van der Waals surface area contributed by atoms with Gasteiger partial charge < -0.3 is 16.0 Å². The molecule has 1 atom stereocenters. The van der Waals surface area contributed by atoms with Crippen molar-refractivity contribution >= 4 is 17.6 Å². The molecule has 0 aliphatic rings. The lowest BCUT2D eigenvalue weighted by atomic mass is 9.99. The van der Waals surface area contributed by atoms with Crippen LogP contribution in [0.5, 0.6) is 0 Å². The minimum atomic E-state index is -0.0733. The van der Waals surface area contributed by atoms with Crippen LogP contribution in [0.4, 0.5) is 5.69 Å². The summed E-state index contributed by atoms with van der Waals surface area (Å²) in [4.78, 5) is 15.9. The number of aliphatic imine (C=N–C) groups is 1. The minimum absolute atomic E-state index is 0.0733. The van der Waals surface area contributed by atoms with Gasteiger partial charge in [-0.05, 0) is 43.0 Å². The molecule has 2 aromatic rings. The second-order valence-corrected chi connectivity index (χ2v) is 6.77. The van der Waals surface area contributed by atoms with Crippen molar-refractivity contribution in [2.24, 2.45) is 4.99 Å². The van der Waals surface area contributed by atoms with Crippen LogP contribution in [0.15, 0.2) is 53.5 Å². The van der Waals surface area contributed by atoms with Gasteiger partial charge in [0, 0.05) is 25.7 Å². The Morgan fingerprint density at radius 2 is 1.89 bits per heavy atom. The molecule has 0 saturated heterocycles. The molecule has 5 heteroatoms. The van der Waals surface area contributed by atoms with Gasteiger partial charge in [0.2, 0.25) is 5.91 Å². The number of nitrogens with zero attached hydrogens (tertiary/aromatic N) is 1. The van der Waals surface area contributed by atoms with E-state index in [4.69, 9.17) is 0 Å². The number of amides is 1. The predicted octanol–water partition coefficient (Wildman–Crippen LogP) is 3.81. The summed E-state index contributed by atoms with van der Waals surface area (Å²) in [6.07, 6.45) is 0. The number of carbonyl (C=O) groups is 1. The van der Waals surface area contributed by atoms with Crippen molar-refractivity contribution in [2.45, 2.75) is 40.2 Å². The van der Waals surface area contributed by atoms with E-state index in [0.29, 0.717) is 12.5 Å². The number of nitrogens with one attached hydrogen (secondary N) is 3. The molecule has 0 aliphatic carbocycles. The van der Waals surface area contributed by atoms with Crippen molar-refractivity contribution in [1.29, 1.82) is 0 Å². The fourth-order valence-corrected chi connectivity index (χ4v) is 2.81. The van der Waals surface area contributed by atoms with Gasteiger partial charge >= 0.3 is 0 Å². The van der Waals surface area contributed by atoms with Crippen LogP contribution in [0.25, 0.3) is 0 Å². The van der Waals surface area contributed by atoms with Crippen molar-refractivity contribution in [3.05, 3.63) is 65.2 Å². The molecule has 0 aromatic heterocycles. The van der Waals surface area contributed by atoms with Crippen molar-refractivity contribution in [3.63, 3.8) is 0 Å². The Bertz CT molecular complexity index is 785. The van der Waals surface area contributed by atoms with Crippen LogP contribution in [-0.2, 0) is 11.3 Å². The number of guanidine groups is 1. The first-order valence-electron chi connectivity index (χ1n) is 9.43. The van der Waals surface area contributed by atoms with Crippen molar-refractivity contribution in [3.8, 4) is 0 Å². The highest BCUT2D eigenvalue weighted by molar-refractivity contribution is 5.88. The highest BCUT2D eigenvalue weighted by Crippen LogP contribution is 2.15. The fraction of sp³-hybridized carbons (Fsp3) is 0.364. The van der Waals surface area contributed by atoms with Gasteiger partial charge in [-0.1, -0.05) is 48.9 Å². The van der Waals surface area contributed by atoms with Gasteiger partial charge in [0.25, 0.3) is 0 Å². The third kappa shape index (κ3) is 7.13. The summed E-state index contributed by atoms with van der Waals surface area (Å²) in [5.41, 5.74) is 4.44. The molecule has 1 unspecified atom stereocenters. The lowest BCUT2D eigenvalue weighted by Gasteiger charge is -2.16. The Balaban J connectivity index is 1.98. The summed E-state index contributed by atoms with van der Waals surface area (Å²) in [6.45, 7) is 10.0. The van der Waals surface area contributed by atoms with Gasteiger partial charge in [0.15, 0.2) is 5.96 Å². The van der Waals surface area contributed by atoms with E-state index in [1.54, 1.807) is 0 Å². The first-order valence-corrected chi connectivity index (χ1v) is 9.43. The fourth-order valence-electron chi connectivity index (χ4n) is 2.81. The van der Waals surface area contributed by atoms with Gasteiger partial charge in [0.1, 0.15) is 0 Å². The highest BCUT2D eigenvalue weighted by atomic mass is 16.1. The van der Waals surface area contributed by atoms with Gasteiger partial charge in [-0.25, -0.2) is 4.99 Å². The van der Waals surface area contributed by atoms with Gasteiger partial charge in [-0.2, -0.15) is 0 Å². The summed E-state index contributed by atoms with van der Waals surface area (Å²) in [5.74, 6) is 1.11. The van der Waals surface area contributed by atoms with Gasteiger partial charge in [-0.15, -0.1) is 0 Å². The zero-order valence-corrected chi connectivity index (χ0v) is 16.7. The highest BCUT2D eigenvalue weighted by Gasteiger charge is 2.07. The first kappa shape index (κ1) is 20.5. The molecule has 1 amide bonds. The van der Waals surface area contributed by atoms with Crippen LogP contribution < -0.4 is 16.0 Å². The topological polar surface area (TPSA) is 65.5 Å². The molecule has 2 aromatic carbocycles. The van der Waals surface area contributed by atoms with Crippen LogP contribution in [-0.4, -0.2) is 25.0 Å². The summed E-state index contributed by atoms with van der Waals surface area (Å²) in [7, 11) is 0. The summed E-state index contributed by atoms with van der Waals surface area (Å²) < 4.78 is 0. The molecule has 2 rings (SSSR count). The first-order chi connectivity index (χ1) is 13.0. The third-order valence-corrected chi connectivity index (χ3v) is 4.20. The number of hydrogen-bond acceptors (Lipinski definition) is 2. The van der Waals surface area contributed by atoms with Gasteiger partial charge in [0.05, 0.1) is 6.54 Å². The maximum absolute atomic E-state index is 11.2. The standard InChI is InChI=1S/C22H30N4O/c1-5-23-22(24-14-17(3)20-10-6-8-16(2)12-20)25-15-19-9-7-11-21(13-19)26-18(4)27/h6-13,17H,5,14-15H2,1-4H3,(H,26,27)(H2,23,24,25). The lowest BCUT2D eigenvalue weighted by Crippen LogP contribution is -2.39. The zero-order chi connectivity index (χ0) is 19.6. The van der Waals surface area contributed by atoms with E-state index < -0.39 is 0 Å². The van der Waals surface area contributed by atoms with Crippen LogP contribution in [0.1, 0.15) is 43.4 Å². The largest absolute Gasteiger partial charge is 0.357 e. The SMILES string of the molecule is CCNC(=NCc1cccc(NC(C)=O)c1)NCC(C)c1cccc(C)c1. The Morgan fingerprint density at radius 3 is 2.59 bits per heavy atom. The quantitative estimate of drug-likeness (QED) is 0.516. The van der Waals surface area contributed by atoms with Crippen LogP contribution in [0.3, 0.4) is 0 Å². The van der Waals surface area contributed by atoms with E-state index in [-0.39, 0.29) is 5.91 Å². The molecule has 5 nitrogen and oxygen atoms in total. The molecular formula is C22H30N4O. The maximum atomic E-state index is 11.2. The second kappa shape index (κ2) is 10.4. The molecule has 27 heavy (non-hydrogen) atoms. The molecule has 0 bridgehead atoms. The van der Waals surface area contributed by atoms with E-state index >= 15 is 0 Å². The van der Waals surface area contributed by atoms with E-state index in [1.165, 1.54) is 18.1 Å². The minimum Gasteiger partial charge on any atom is -0.357 e. The third-order valence-electron chi connectivity index (χ3n) is 4.20. The average Bonchev–Trinajstić information content (AvgIpc) is 2.63. The lowest BCUT2D eigenvalue weighted by molar-refractivity contribution is -0.114. The van der Waals surface area contributed by atoms with Crippen LogP contribution in [0, 0.1) is 6.92 Å². The van der Waals surface area contributed by atoms with Crippen LogP contribution in [0.2, 0.25) is 0 Å². The van der Waals surface area contributed by atoms with Crippen molar-refractivity contribution in [2.75, 3.05) is 18.4 Å². The number of benzene rings is 2. The summed E-state index contributed by atoms with van der Waals surface area (Å²) in [5, 5.41) is 9.51. The molecule has 0 heterocycles. The molecule has 0 aliphatic heterocycles. The summed E-state index contributed by atoms with van der Waals surface area (Å²) in [6, 6.07) is 16.4. The van der Waals surface area contributed by atoms with Gasteiger partial charge in [-0.3, -0.25) is 4.79 Å². The normalized spacial score (nSPS) is 12.4. The Morgan fingerprint density at radius 1 is 1.11 bits per heavy atom. The number of aryl methyl sites for hydroxylation is 1. The second-order valence-electron chi connectivity index (χ2n) is 6.77. The number of rotatable bonds is 7. The molecule has 0 spiro atoms. The molecule has 0 saturated carbocycles. The Hall–Kier alpha value is -2.82. The molecule has 0 fully saturated rings. The average molecular weight is 367 g/mol. The van der Waals surface area contributed by atoms with E-state index in [0.717, 1.165) is 30.3 Å². The Labute approximate surface area is 162 Å². The zero-order valence-electron chi connectivity index (χ0n) is 16.7. The molecular weight excluding hydrogens is 336 g/mol. The monoisotopic (exact) mass is 366 g/mol. The predicted molar refractivity (Wildman–Crippen MR) is 113 cm³/mol. The summed E-state index contributed by atoms with van der Waals surface area (Å²) >= 11 is 0. The smallest absolute Gasteiger partial charge is 0.221 e. The molecule has 0 radical (unpaired) electrons. The molecule has 3 N–H and O–H groups in total. The van der Waals surface area contributed by atoms with E-state index in [9.17, 15) is 4.79 Å². The maximum Gasteiger partial charge on any atom is 0.221 e. The van der Waals surface area contributed by atoms with E-state index in [1.807, 2.05) is 24.3 Å². The number of carbonyl (C=O) groups excluding carboxylic acids is 1.